The zero-order chi connectivity index (χ0) is 17.4. The first-order chi connectivity index (χ1) is 11.5. The minimum atomic E-state index is -0.580. The van der Waals surface area contributed by atoms with Gasteiger partial charge >= 0.3 is 5.97 Å². The van der Waals surface area contributed by atoms with Crippen LogP contribution in [0, 0.1) is 0 Å². The predicted molar refractivity (Wildman–Crippen MR) is 93.7 cm³/mol. The van der Waals surface area contributed by atoms with Crippen molar-refractivity contribution < 1.29 is 19.1 Å². The molecule has 6 heteroatoms. The Labute approximate surface area is 148 Å². The summed E-state index contributed by atoms with van der Waals surface area (Å²) in [6, 6.07) is 15.8. The molecule has 0 fully saturated rings. The number of carbonyl (C=O) groups is 3. The van der Waals surface area contributed by atoms with E-state index in [0.717, 1.165) is 4.47 Å². The standard InChI is InChI=1S/C18H16BrNO4/c19-14-7-4-8-15(11-14)20-17(22)12-24-18(23)10-9-16(21)13-5-2-1-3-6-13/h1-8,11H,9-10,12H2,(H,20,22). The second kappa shape index (κ2) is 8.98. The van der Waals surface area contributed by atoms with Gasteiger partial charge < -0.3 is 10.1 Å². The van der Waals surface area contributed by atoms with Crippen molar-refractivity contribution in [1.29, 1.82) is 0 Å². The second-order valence-corrected chi connectivity index (χ2v) is 5.92. The zero-order valence-corrected chi connectivity index (χ0v) is 14.4. The molecule has 0 aromatic heterocycles. The maximum atomic E-state index is 11.9. The minimum absolute atomic E-state index is 0.0517. The molecule has 24 heavy (non-hydrogen) atoms. The molecule has 124 valence electrons. The molecular weight excluding hydrogens is 374 g/mol. The average Bonchev–Trinajstić information content (AvgIpc) is 2.58. The lowest BCUT2D eigenvalue weighted by molar-refractivity contribution is -0.147. The highest BCUT2D eigenvalue weighted by Gasteiger charge is 2.12. The summed E-state index contributed by atoms with van der Waals surface area (Å²) >= 11 is 3.30. The number of Topliss-reactive ketones (excluding diaryl/α,β-unsaturated/α-hetero) is 1. The van der Waals surface area contributed by atoms with Gasteiger partial charge in [0.05, 0.1) is 6.42 Å². The Hall–Kier alpha value is -2.47. The third kappa shape index (κ3) is 5.96. The maximum Gasteiger partial charge on any atom is 0.306 e. The normalized spacial score (nSPS) is 10.0. The molecular formula is C18H16BrNO4. The highest BCUT2D eigenvalue weighted by molar-refractivity contribution is 9.10. The van der Waals surface area contributed by atoms with Crippen LogP contribution in [0.4, 0.5) is 5.69 Å². The second-order valence-electron chi connectivity index (χ2n) is 5.01. The molecule has 0 unspecified atom stereocenters. The van der Waals surface area contributed by atoms with Gasteiger partial charge in [0.15, 0.2) is 12.4 Å². The highest BCUT2D eigenvalue weighted by atomic mass is 79.9. The third-order valence-corrected chi connectivity index (χ3v) is 3.62. The van der Waals surface area contributed by atoms with Gasteiger partial charge in [0.2, 0.25) is 0 Å². The fourth-order valence-electron chi connectivity index (χ4n) is 1.97. The lowest BCUT2D eigenvalue weighted by Gasteiger charge is -2.07. The van der Waals surface area contributed by atoms with E-state index in [4.69, 9.17) is 4.74 Å². The molecule has 0 saturated carbocycles. The number of carbonyl (C=O) groups excluding carboxylic acids is 3. The summed E-state index contributed by atoms with van der Waals surface area (Å²) in [4.78, 5) is 35.2. The summed E-state index contributed by atoms with van der Waals surface area (Å²) in [6.45, 7) is -0.384. The lowest BCUT2D eigenvalue weighted by Crippen LogP contribution is -2.21. The van der Waals surface area contributed by atoms with E-state index in [-0.39, 0.29) is 25.2 Å². The van der Waals surface area contributed by atoms with Gasteiger partial charge in [-0.25, -0.2) is 0 Å². The van der Waals surface area contributed by atoms with Crippen LogP contribution in [0.2, 0.25) is 0 Å². The van der Waals surface area contributed by atoms with Gasteiger partial charge in [-0.05, 0) is 18.2 Å². The summed E-state index contributed by atoms with van der Waals surface area (Å²) in [5.74, 6) is -1.15. The largest absolute Gasteiger partial charge is 0.456 e. The van der Waals surface area contributed by atoms with Crippen molar-refractivity contribution in [2.45, 2.75) is 12.8 Å². The topological polar surface area (TPSA) is 72.5 Å². The first-order valence-electron chi connectivity index (χ1n) is 7.34. The van der Waals surface area contributed by atoms with E-state index in [2.05, 4.69) is 21.2 Å². The number of hydrogen-bond acceptors (Lipinski definition) is 4. The maximum absolute atomic E-state index is 11.9. The molecule has 0 saturated heterocycles. The van der Waals surface area contributed by atoms with Crippen LogP contribution in [-0.2, 0) is 14.3 Å². The monoisotopic (exact) mass is 389 g/mol. The fraction of sp³-hybridized carbons (Fsp3) is 0.167. The number of ketones is 1. The van der Waals surface area contributed by atoms with E-state index in [0.29, 0.717) is 11.3 Å². The van der Waals surface area contributed by atoms with E-state index >= 15 is 0 Å². The summed E-state index contributed by atoms with van der Waals surface area (Å²) in [7, 11) is 0. The summed E-state index contributed by atoms with van der Waals surface area (Å²) in [5.41, 5.74) is 1.15. The van der Waals surface area contributed by atoms with Crippen LogP contribution in [0.1, 0.15) is 23.2 Å². The molecule has 0 atom stereocenters. The van der Waals surface area contributed by atoms with Crippen LogP contribution in [0.15, 0.2) is 59.1 Å². The van der Waals surface area contributed by atoms with Gasteiger partial charge in [-0.2, -0.15) is 0 Å². The van der Waals surface area contributed by atoms with Crippen molar-refractivity contribution in [1.82, 2.24) is 0 Å². The molecule has 0 aliphatic rings. The third-order valence-electron chi connectivity index (χ3n) is 3.12. The van der Waals surface area contributed by atoms with Crippen molar-refractivity contribution in [3.8, 4) is 0 Å². The molecule has 0 radical (unpaired) electrons. The van der Waals surface area contributed by atoms with E-state index in [1.54, 1.807) is 42.5 Å². The van der Waals surface area contributed by atoms with Gasteiger partial charge in [-0.3, -0.25) is 14.4 Å². The van der Waals surface area contributed by atoms with Crippen LogP contribution in [0.25, 0.3) is 0 Å². The minimum Gasteiger partial charge on any atom is -0.456 e. The smallest absolute Gasteiger partial charge is 0.306 e. The van der Waals surface area contributed by atoms with E-state index in [9.17, 15) is 14.4 Å². The Morgan fingerprint density at radius 1 is 0.958 bits per heavy atom. The number of anilines is 1. The zero-order valence-electron chi connectivity index (χ0n) is 12.8. The Morgan fingerprint density at radius 2 is 1.71 bits per heavy atom. The van der Waals surface area contributed by atoms with Crippen LogP contribution < -0.4 is 5.32 Å². The van der Waals surface area contributed by atoms with E-state index in [1.807, 2.05) is 12.1 Å². The van der Waals surface area contributed by atoms with Crippen LogP contribution in [-0.4, -0.2) is 24.3 Å². The number of ether oxygens (including phenoxy) is 1. The van der Waals surface area contributed by atoms with Gasteiger partial charge in [0, 0.05) is 22.1 Å². The predicted octanol–water partition coefficient (Wildman–Crippen LogP) is 3.59. The molecule has 5 nitrogen and oxygen atoms in total. The van der Waals surface area contributed by atoms with Crippen molar-refractivity contribution >= 4 is 39.3 Å². The highest BCUT2D eigenvalue weighted by Crippen LogP contribution is 2.15. The van der Waals surface area contributed by atoms with Crippen molar-refractivity contribution in [3.63, 3.8) is 0 Å². The molecule has 0 bridgehead atoms. The van der Waals surface area contributed by atoms with Gasteiger partial charge in [-0.1, -0.05) is 52.3 Å². The number of hydrogen-bond donors (Lipinski definition) is 1. The number of rotatable bonds is 7. The number of halogens is 1. The Bertz CT molecular complexity index is 731. The number of benzene rings is 2. The molecule has 0 aliphatic heterocycles. The van der Waals surface area contributed by atoms with Crippen LogP contribution in [0.3, 0.4) is 0 Å². The summed E-state index contributed by atoms with van der Waals surface area (Å²) in [5, 5.41) is 2.62. The van der Waals surface area contributed by atoms with Gasteiger partial charge in [0.25, 0.3) is 5.91 Å². The van der Waals surface area contributed by atoms with Crippen molar-refractivity contribution in [2.24, 2.45) is 0 Å². The van der Waals surface area contributed by atoms with Crippen LogP contribution in [0.5, 0.6) is 0 Å². The van der Waals surface area contributed by atoms with E-state index < -0.39 is 11.9 Å². The van der Waals surface area contributed by atoms with Gasteiger partial charge in [0.1, 0.15) is 0 Å². The molecule has 2 rings (SSSR count). The first-order valence-corrected chi connectivity index (χ1v) is 8.13. The first kappa shape index (κ1) is 17.9. The number of esters is 1. The molecule has 0 heterocycles. The lowest BCUT2D eigenvalue weighted by atomic mass is 10.1. The van der Waals surface area contributed by atoms with Crippen LogP contribution >= 0.6 is 15.9 Å². The number of amides is 1. The average molecular weight is 390 g/mol. The van der Waals surface area contributed by atoms with E-state index in [1.165, 1.54) is 0 Å². The molecule has 0 spiro atoms. The fourth-order valence-corrected chi connectivity index (χ4v) is 2.36. The SMILES string of the molecule is O=C(COC(=O)CCC(=O)c1ccccc1)Nc1cccc(Br)c1. The Kier molecular flexibility index (Phi) is 6.69. The Balaban J connectivity index is 1.71. The van der Waals surface area contributed by atoms with Crippen molar-refractivity contribution in [2.75, 3.05) is 11.9 Å². The molecule has 2 aromatic rings. The molecule has 1 N–H and O–H groups in total. The Morgan fingerprint density at radius 3 is 2.42 bits per heavy atom. The summed E-state index contributed by atoms with van der Waals surface area (Å²) < 4.78 is 5.71. The molecule has 2 aromatic carbocycles. The van der Waals surface area contributed by atoms with Crippen molar-refractivity contribution in [3.05, 3.63) is 64.6 Å². The number of nitrogens with one attached hydrogen (secondary N) is 1. The quantitative estimate of drug-likeness (QED) is 0.579. The van der Waals surface area contributed by atoms with Gasteiger partial charge in [-0.15, -0.1) is 0 Å². The summed E-state index contributed by atoms with van der Waals surface area (Å²) in [6.07, 6.45) is -0.00596. The molecule has 0 aliphatic carbocycles. The molecule has 1 amide bonds.